The summed E-state index contributed by atoms with van der Waals surface area (Å²) in [5.74, 6) is 0. The summed E-state index contributed by atoms with van der Waals surface area (Å²) in [7, 11) is 0. The molecule has 1 fully saturated rings. The molecule has 0 saturated heterocycles. The van der Waals surface area contributed by atoms with Crippen molar-refractivity contribution >= 4 is 11.4 Å². The summed E-state index contributed by atoms with van der Waals surface area (Å²) in [6.45, 7) is 0.540. The molecule has 1 aromatic carbocycles. The van der Waals surface area contributed by atoms with Crippen molar-refractivity contribution in [2.45, 2.75) is 37.7 Å². The molecule has 1 aliphatic carbocycles. The molecule has 0 aliphatic heterocycles. The highest BCUT2D eigenvalue weighted by molar-refractivity contribution is 5.62. The molecule has 0 aromatic heterocycles. The molecule has 0 spiro atoms. The van der Waals surface area contributed by atoms with Gasteiger partial charge in [0.2, 0.25) is 0 Å². The highest BCUT2D eigenvalue weighted by atomic mass is 16.3. The zero-order valence-corrected chi connectivity index (χ0v) is 10.4. The number of hydrogen-bond donors (Lipinski definition) is 3. The number of rotatable bonds is 3. The average molecular weight is 245 g/mol. The molecule has 0 unspecified atom stereocenters. The fourth-order valence-electron chi connectivity index (χ4n) is 2.43. The predicted octanol–water partition coefficient (Wildman–Crippen LogP) is 2.25. The zero-order valence-electron chi connectivity index (χ0n) is 10.4. The largest absolute Gasteiger partial charge is 0.398 e. The number of benzene rings is 1. The first-order valence-corrected chi connectivity index (χ1v) is 6.39. The van der Waals surface area contributed by atoms with Crippen molar-refractivity contribution in [3.63, 3.8) is 0 Å². The van der Waals surface area contributed by atoms with Gasteiger partial charge < -0.3 is 16.2 Å². The Kier molecular flexibility index (Phi) is 3.73. The number of anilines is 2. The molecular formula is C14H19N3O. The lowest BCUT2D eigenvalue weighted by molar-refractivity contribution is 0.0167. The number of aliphatic hydroxyl groups is 1. The molecule has 1 aliphatic rings. The molecule has 1 saturated carbocycles. The van der Waals surface area contributed by atoms with Gasteiger partial charge in [-0.05, 0) is 31.0 Å². The van der Waals surface area contributed by atoms with Crippen LogP contribution in [0.4, 0.5) is 11.4 Å². The molecule has 2 rings (SSSR count). The average Bonchev–Trinajstić information content (AvgIpc) is 2.38. The SMILES string of the molecule is N#Cc1ccc(NCC2(O)CCCCC2)cc1N. The summed E-state index contributed by atoms with van der Waals surface area (Å²) >= 11 is 0. The normalized spacial score (nSPS) is 18.0. The Labute approximate surface area is 107 Å². The van der Waals surface area contributed by atoms with Gasteiger partial charge in [-0.25, -0.2) is 0 Å². The van der Waals surface area contributed by atoms with Gasteiger partial charge >= 0.3 is 0 Å². The Hall–Kier alpha value is -1.73. The number of nitrogens with one attached hydrogen (secondary N) is 1. The van der Waals surface area contributed by atoms with Crippen molar-refractivity contribution in [3.8, 4) is 6.07 Å². The van der Waals surface area contributed by atoms with E-state index in [-0.39, 0.29) is 0 Å². The maximum absolute atomic E-state index is 10.4. The van der Waals surface area contributed by atoms with Gasteiger partial charge in [0.15, 0.2) is 0 Å². The molecule has 4 nitrogen and oxygen atoms in total. The van der Waals surface area contributed by atoms with Crippen LogP contribution in [0.1, 0.15) is 37.7 Å². The van der Waals surface area contributed by atoms with Gasteiger partial charge in [0.1, 0.15) is 6.07 Å². The highest BCUT2D eigenvalue weighted by Gasteiger charge is 2.28. The van der Waals surface area contributed by atoms with Crippen LogP contribution >= 0.6 is 0 Å². The van der Waals surface area contributed by atoms with Crippen molar-refractivity contribution in [2.24, 2.45) is 0 Å². The van der Waals surface area contributed by atoms with Gasteiger partial charge in [-0.2, -0.15) is 5.26 Å². The van der Waals surface area contributed by atoms with Crippen molar-refractivity contribution in [2.75, 3.05) is 17.6 Å². The molecular weight excluding hydrogens is 226 g/mol. The molecule has 0 heterocycles. The predicted molar refractivity (Wildman–Crippen MR) is 72.1 cm³/mol. The second kappa shape index (κ2) is 5.28. The first-order valence-electron chi connectivity index (χ1n) is 6.39. The fraction of sp³-hybridized carbons (Fsp3) is 0.500. The summed E-state index contributed by atoms with van der Waals surface area (Å²) < 4.78 is 0. The molecule has 0 atom stereocenters. The molecule has 18 heavy (non-hydrogen) atoms. The monoisotopic (exact) mass is 245 g/mol. The van der Waals surface area contributed by atoms with Crippen molar-refractivity contribution in [1.82, 2.24) is 0 Å². The Balaban J connectivity index is 1.98. The molecule has 0 radical (unpaired) electrons. The van der Waals surface area contributed by atoms with Crippen LogP contribution in [0.3, 0.4) is 0 Å². The number of nitriles is 1. The van der Waals surface area contributed by atoms with E-state index in [1.165, 1.54) is 6.42 Å². The lowest BCUT2D eigenvalue weighted by Gasteiger charge is -2.32. The first kappa shape index (κ1) is 12.7. The van der Waals surface area contributed by atoms with Crippen LogP contribution in [0.25, 0.3) is 0 Å². The second-order valence-electron chi connectivity index (χ2n) is 5.05. The summed E-state index contributed by atoms with van der Waals surface area (Å²) in [4.78, 5) is 0. The summed E-state index contributed by atoms with van der Waals surface area (Å²) in [6, 6.07) is 7.29. The Morgan fingerprint density at radius 2 is 2.06 bits per heavy atom. The molecule has 96 valence electrons. The van der Waals surface area contributed by atoms with E-state index in [1.807, 2.05) is 12.1 Å². The maximum atomic E-state index is 10.4. The quantitative estimate of drug-likeness (QED) is 0.713. The van der Waals surface area contributed by atoms with Crippen LogP contribution in [-0.2, 0) is 0 Å². The van der Waals surface area contributed by atoms with Gasteiger partial charge in [-0.15, -0.1) is 0 Å². The van der Waals surface area contributed by atoms with Crippen LogP contribution < -0.4 is 11.1 Å². The van der Waals surface area contributed by atoms with E-state index in [9.17, 15) is 5.11 Å². The topological polar surface area (TPSA) is 82.1 Å². The number of nitrogens with two attached hydrogens (primary N) is 1. The van der Waals surface area contributed by atoms with E-state index in [1.54, 1.807) is 12.1 Å². The van der Waals surface area contributed by atoms with Gasteiger partial charge in [0, 0.05) is 12.2 Å². The van der Waals surface area contributed by atoms with Crippen LogP contribution in [0, 0.1) is 11.3 Å². The zero-order chi connectivity index (χ0) is 13.0. The second-order valence-corrected chi connectivity index (χ2v) is 5.05. The minimum Gasteiger partial charge on any atom is -0.398 e. The number of nitrogens with zero attached hydrogens (tertiary/aromatic N) is 1. The summed E-state index contributed by atoms with van der Waals surface area (Å²) in [5.41, 5.74) is 6.96. The van der Waals surface area contributed by atoms with Crippen LogP contribution in [0.2, 0.25) is 0 Å². The van der Waals surface area contributed by atoms with Crippen LogP contribution in [0.5, 0.6) is 0 Å². The minimum atomic E-state index is -0.596. The van der Waals surface area contributed by atoms with Gasteiger partial charge in [-0.1, -0.05) is 19.3 Å². The van der Waals surface area contributed by atoms with Crippen molar-refractivity contribution in [1.29, 1.82) is 5.26 Å². The number of nitrogen functional groups attached to an aromatic ring is 1. The summed E-state index contributed by atoms with van der Waals surface area (Å²) in [5, 5.41) is 22.4. The Morgan fingerprint density at radius 1 is 1.33 bits per heavy atom. The molecule has 1 aromatic rings. The lowest BCUT2D eigenvalue weighted by atomic mass is 9.85. The van der Waals surface area contributed by atoms with Crippen molar-refractivity contribution < 1.29 is 5.11 Å². The Bertz CT molecular complexity index is 459. The third-order valence-electron chi connectivity index (χ3n) is 3.58. The van der Waals surface area contributed by atoms with Crippen molar-refractivity contribution in [3.05, 3.63) is 23.8 Å². The molecule has 0 amide bonds. The Morgan fingerprint density at radius 3 is 2.67 bits per heavy atom. The van der Waals surface area contributed by atoms with E-state index in [2.05, 4.69) is 5.32 Å². The van der Waals surface area contributed by atoms with Gasteiger partial charge in [0.25, 0.3) is 0 Å². The molecule has 4 N–H and O–H groups in total. The minimum absolute atomic E-state index is 0.470. The van der Waals surface area contributed by atoms with E-state index >= 15 is 0 Å². The molecule has 4 heteroatoms. The van der Waals surface area contributed by atoms with Gasteiger partial charge in [0.05, 0.1) is 16.9 Å². The first-order chi connectivity index (χ1) is 8.63. The third kappa shape index (κ3) is 2.93. The van der Waals surface area contributed by atoms with E-state index in [0.717, 1.165) is 31.4 Å². The van der Waals surface area contributed by atoms with E-state index in [4.69, 9.17) is 11.0 Å². The third-order valence-corrected chi connectivity index (χ3v) is 3.58. The highest BCUT2D eigenvalue weighted by Crippen LogP contribution is 2.28. The number of hydrogen-bond acceptors (Lipinski definition) is 4. The van der Waals surface area contributed by atoms with Crippen LogP contribution in [0.15, 0.2) is 18.2 Å². The smallest absolute Gasteiger partial charge is 0.101 e. The maximum Gasteiger partial charge on any atom is 0.101 e. The summed E-state index contributed by atoms with van der Waals surface area (Å²) in [6.07, 6.45) is 5.10. The van der Waals surface area contributed by atoms with Gasteiger partial charge in [-0.3, -0.25) is 0 Å². The standard InChI is InChI=1S/C14H19N3O/c15-9-11-4-5-12(8-13(11)16)17-10-14(18)6-2-1-3-7-14/h4-5,8,17-18H,1-3,6-7,10,16H2. The fourth-order valence-corrected chi connectivity index (χ4v) is 2.43. The lowest BCUT2D eigenvalue weighted by Crippen LogP contribution is -2.38. The van der Waals surface area contributed by atoms with Crippen LogP contribution in [-0.4, -0.2) is 17.3 Å². The van der Waals surface area contributed by atoms with E-state index in [0.29, 0.717) is 17.8 Å². The molecule has 0 bridgehead atoms. The van der Waals surface area contributed by atoms with E-state index < -0.39 is 5.60 Å².